The van der Waals surface area contributed by atoms with Gasteiger partial charge in [-0.2, -0.15) is 0 Å². The quantitative estimate of drug-likeness (QED) is 0.510. The standard InChI is InChI=1S/C15H20F2N2O3/c1-14(2,3)22-13(20)18-15(4,5)12(19-21)9-7-6-8-10(16)11(9)17/h6-8,21H,1-5H3,(H,18,20). The van der Waals surface area contributed by atoms with Gasteiger partial charge in [-0.1, -0.05) is 11.2 Å². The van der Waals surface area contributed by atoms with Gasteiger partial charge in [0, 0.05) is 5.56 Å². The molecule has 122 valence electrons. The van der Waals surface area contributed by atoms with Crippen molar-refractivity contribution in [1.82, 2.24) is 5.32 Å². The Kier molecular flexibility index (Phi) is 5.11. The molecule has 22 heavy (non-hydrogen) atoms. The maximum Gasteiger partial charge on any atom is 0.408 e. The first-order valence-electron chi connectivity index (χ1n) is 6.66. The number of ether oxygens (including phenoxy) is 1. The molecule has 0 aliphatic heterocycles. The number of oxime groups is 1. The van der Waals surface area contributed by atoms with E-state index < -0.39 is 28.9 Å². The van der Waals surface area contributed by atoms with Gasteiger partial charge < -0.3 is 15.3 Å². The summed E-state index contributed by atoms with van der Waals surface area (Å²) in [5, 5.41) is 14.7. The summed E-state index contributed by atoms with van der Waals surface area (Å²) in [5.41, 5.74) is -2.48. The molecular weight excluding hydrogens is 294 g/mol. The van der Waals surface area contributed by atoms with Crippen LogP contribution in [-0.4, -0.2) is 28.2 Å². The summed E-state index contributed by atoms with van der Waals surface area (Å²) < 4.78 is 32.3. The third-order valence-electron chi connectivity index (χ3n) is 2.71. The molecule has 0 fully saturated rings. The van der Waals surface area contributed by atoms with Gasteiger partial charge in [-0.15, -0.1) is 0 Å². The molecule has 0 saturated carbocycles. The second kappa shape index (κ2) is 6.29. The largest absolute Gasteiger partial charge is 0.444 e. The summed E-state index contributed by atoms with van der Waals surface area (Å²) in [5.74, 6) is -2.24. The number of benzene rings is 1. The second-order valence-electron chi connectivity index (χ2n) is 6.30. The molecular formula is C15H20F2N2O3. The lowest BCUT2D eigenvalue weighted by Gasteiger charge is -2.29. The molecule has 0 aromatic heterocycles. The summed E-state index contributed by atoms with van der Waals surface area (Å²) in [4.78, 5) is 11.8. The van der Waals surface area contributed by atoms with Gasteiger partial charge >= 0.3 is 6.09 Å². The molecule has 1 aromatic rings. The zero-order valence-electron chi connectivity index (χ0n) is 13.2. The predicted octanol–water partition coefficient (Wildman–Crippen LogP) is 3.45. The van der Waals surface area contributed by atoms with E-state index in [2.05, 4.69) is 10.5 Å². The van der Waals surface area contributed by atoms with Gasteiger partial charge in [0.2, 0.25) is 0 Å². The van der Waals surface area contributed by atoms with Crippen LogP contribution in [0.1, 0.15) is 40.2 Å². The van der Waals surface area contributed by atoms with E-state index in [1.165, 1.54) is 26.0 Å². The van der Waals surface area contributed by atoms with Crippen molar-refractivity contribution in [1.29, 1.82) is 0 Å². The molecule has 7 heteroatoms. The van der Waals surface area contributed by atoms with Gasteiger partial charge in [-0.3, -0.25) is 0 Å². The van der Waals surface area contributed by atoms with Crippen LogP contribution in [0.5, 0.6) is 0 Å². The number of carbonyl (C=O) groups is 1. The van der Waals surface area contributed by atoms with E-state index in [0.29, 0.717) is 0 Å². The number of alkyl carbamates (subject to hydrolysis) is 1. The van der Waals surface area contributed by atoms with Gasteiger partial charge in [0.25, 0.3) is 0 Å². The summed E-state index contributed by atoms with van der Waals surface area (Å²) in [6, 6.07) is 3.48. The number of nitrogens with zero attached hydrogens (tertiary/aromatic N) is 1. The molecule has 1 aromatic carbocycles. The van der Waals surface area contributed by atoms with Crippen molar-refractivity contribution < 1.29 is 23.5 Å². The fraction of sp³-hybridized carbons (Fsp3) is 0.467. The zero-order valence-corrected chi connectivity index (χ0v) is 13.2. The van der Waals surface area contributed by atoms with Crippen LogP contribution in [0.2, 0.25) is 0 Å². The van der Waals surface area contributed by atoms with Gasteiger partial charge in [-0.25, -0.2) is 13.6 Å². The number of hydrogen-bond donors (Lipinski definition) is 2. The van der Waals surface area contributed by atoms with E-state index in [9.17, 15) is 18.8 Å². The first-order chi connectivity index (χ1) is 9.98. The minimum atomic E-state index is -1.29. The fourth-order valence-electron chi connectivity index (χ4n) is 1.82. The van der Waals surface area contributed by atoms with Crippen molar-refractivity contribution in [2.45, 2.75) is 45.8 Å². The predicted molar refractivity (Wildman–Crippen MR) is 78.1 cm³/mol. The number of rotatable bonds is 3. The Labute approximate surface area is 128 Å². The van der Waals surface area contributed by atoms with Crippen LogP contribution in [0.25, 0.3) is 0 Å². The van der Waals surface area contributed by atoms with Gasteiger partial charge in [0.05, 0.1) is 5.54 Å². The molecule has 5 nitrogen and oxygen atoms in total. The second-order valence-corrected chi connectivity index (χ2v) is 6.30. The SMILES string of the molecule is CC(C)(C)OC(=O)NC(C)(C)C(=NO)c1cccc(F)c1F. The van der Waals surface area contributed by atoms with Gasteiger partial charge in [0.1, 0.15) is 11.3 Å². The van der Waals surface area contributed by atoms with Crippen molar-refractivity contribution in [2.75, 3.05) is 0 Å². The van der Waals surface area contributed by atoms with Crippen LogP contribution in [0.3, 0.4) is 0 Å². The van der Waals surface area contributed by atoms with Crippen LogP contribution in [0.15, 0.2) is 23.4 Å². The van der Waals surface area contributed by atoms with E-state index in [-0.39, 0.29) is 11.3 Å². The summed E-state index contributed by atoms with van der Waals surface area (Å²) in [7, 11) is 0. The molecule has 1 rings (SSSR count). The Morgan fingerprint density at radius 2 is 1.82 bits per heavy atom. The highest BCUT2D eigenvalue weighted by molar-refractivity contribution is 6.08. The zero-order chi connectivity index (χ0) is 17.1. The molecule has 0 radical (unpaired) electrons. The fourth-order valence-corrected chi connectivity index (χ4v) is 1.82. The van der Waals surface area contributed by atoms with Crippen molar-refractivity contribution in [3.8, 4) is 0 Å². The molecule has 0 heterocycles. The van der Waals surface area contributed by atoms with Crippen LogP contribution < -0.4 is 5.32 Å². The molecule has 0 aliphatic rings. The number of halogens is 2. The van der Waals surface area contributed by atoms with Crippen molar-refractivity contribution in [2.24, 2.45) is 5.16 Å². The van der Waals surface area contributed by atoms with E-state index in [1.54, 1.807) is 20.8 Å². The van der Waals surface area contributed by atoms with Crippen molar-refractivity contribution in [3.05, 3.63) is 35.4 Å². The van der Waals surface area contributed by atoms with E-state index in [4.69, 9.17) is 4.74 Å². The minimum absolute atomic E-state index is 0.227. The van der Waals surface area contributed by atoms with Gasteiger partial charge in [0.15, 0.2) is 11.6 Å². The minimum Gasteiger partial charge on any atom is -0.444 e. The van der Waals surface area contributed by atoms with Crippen molar-refractivity contribution >= 4 is 11.8 Å². The number of nitrogens with one attached hydrogen (secondary N) is 1. The summed E-state index contributed by atoms with van der Waals surface area (Å²) in [6.07, 6.45) is -0.768. The maximum atomic E-state index is 13.9. The normalized spacial score (nSPS) is 13.0. The topological polar surface area (TPSA) is 70.9 Å². The maximum absolute atomic E-state index is 13.9. The number of hydrogen-bond acceptors (Lipinski definition) is 4. The number of amides is 1. The smallest absolute Gasteiger partial charge is 0.408 e. The molecule has 0 aliphatic carbocycles. The lowest BCUT2D eigenvalue weighted by molar-refractivity contribution is 0.0496. The molecule has 0 spiro atoms. The Hall–Kier alpha value is -2.18. The Bertz CT molecular complexity index is 593. The molecule has 1 amide bonds. The molecule has 2 N–H and O–H groups in total. The summed E-state index contributed by atoms with van der Waals surface area (Å²) >= 11 is 0. The molecule has 0 unspecified atom stereocenters. The molecule has 0 saturated heterocycles. The first-order valence-corrected chi connectivity index (χ1v) is 6.66. The highest BCUT2D eigenvalue weighted by Crippen LogP contribution is 2.20. The molecule has 0 atom stereocenters. The lowest BCUT2D eigenvalue weighted by atomic mass is 9.92. The van der Waals surface area contributed by atoms with Crippen LogP contribution in [-0.2, 0) is 4.74 Å². The number of carbonyl (C=O) groups excluding carboxylic acids is 1. The third-order valence-corrected chi connectivity index (χ3v) is 2.71. The molecule has 0 bridgehead atoms. The van der Waals surface area contributed by atoms with E-state index in [0.717, 1.165) is 6.07 Å². The van der Waals surface area contributed by atoms with E-state index in [1.807, 2.05) is 0 Å². The highest BCUT2D eigenvalue weighted by Gasteiger charge is 2.33. The average Bonchev–Trinajstić information content (AvgIpc) is 2.31. The monoisotopic (exact) mass is 314 g/mol. The van der Waals surface area contributed by atoms with Crippen LogP contribution in [0, 0.1) is 11.6 Å². The Balaban J connectivity index is 3.08. The Morgan fingerprint density at radius 3 is 2.32 bits per heavy atom. The first kappa shape index (κ1) is 17.9. The van der Waals surface area contributed by atoms with Gasteiger partial charge in [-0.05, 0) is 46.8 Å². The average molecular weight is 314 g/mol. The lowest BCUT2D eigenvalue weighted by Crippen LogP contribution is -2.51. The van der Waals surface area contributed by atoms with E-state index >= 15 is 0 Å². The van der Waals surface area contributed by atoms with Crippen LogP contribution >= 0.6 is 0 Å². The van der Waals surface area contributed by atoms with Crippen molar-refractivity contribution in [3.63, 3.8) is 0 Å². The third kappa shape index (κ3) is 4.41. The highest BCUT2D eigenvalue weighted by atomic mass is 19.2. The summed E-state index contributed by atoms with van der Waals surface area (Å²) in [6.45, 7) is 8.03. The Morgan fingerprint density at radius 1 is 1.23 bits per heavy atom. The van der Waals surface area contributed by atoms with Crippen LogP contribution in [0.4, 0.5) is 13.6 Å².